The quantitative estimate of drug-likeness (QED) is 0.600. The second kappa shape index (κ2) is 5.16. The molecule has 5 nitrogen and oxygen atoms in total. The van der Waals surface area contributed by atoms with Crippen LogP contribution in [0.25, 0.3) is 0 Å². The van der Waals surface area contributed by atoms with E-state index in [1.807, 2.05) is 6.92 Å². The standard InChI is InChI=1S/C8H16N2O3/c1-7-6-13-4-3-10(7)5-8(11)9-12-2/h7H,3-6H2,1-2H3,(H,9,11). The van der Waals surface area contributed by atoms with Gasteiger partial charge in [-0.15, -0.1) is 0 Å². The number of hydrogen-bond donors (Lipinski definition) is 1. The first kappa shape index (κ1) is 10.4. The Balaban J connectivity index is 2.29. The zero-order valence-electron chi connectivity index (χ0n) is 8.08. The predicted molar refractivity (Wildman–Crippen MR) is 47.0 cm³/mol. The number of amides is 1. The molecule has 1 fully saturated rings. The van der Waals surface area contributed by atoms with Gasteiger partial charge >= 0.3 is 0 Å². The first-order valence-electron chi connectivity index (χ1n) is 4.37. The van der Waals surface area contributed by atoms with Crippen molar-refractivity contribution in [3.05, 3.63) is 0 Å². The van der Waals surface area contributed by atoms with E-state index in [0.29, 0.717) is 25.8 Å². The summed E-state index contributed by atoms with van der Waals surface area (Å²) in [6.07, 6.45) is 0. The van der Waals surface area contributed by atoms with Gasteiger partial charge < -0.3 is 4.74 Å². The number of rotatable bonds is 3. The van der Waals surface area contributed by atoms with E-state index in [1.54, 1.807) is 0 Å². The maximum Gasteiger partial charge on any atom is 0.257 e. The summed E-state index contributed by atoms with van der Waals surface area (Å²) in [5.41, 5.74) is 2.29. The number of carbonyl (C=O) groups is 1. The molecule has 0 spiro atoms. The zero-order valence-corrected chi connectivity index (χ0v) is 8.08. The molecule has 1 unspecified atom stereocenters. The molecule has 1 aliphatic heterocycles. The fraction of sp³-hybridized carbons (Fsp3) is 0.875. The molecule has 0 aliphatic carbocycles. The molecule has 0 aromatic rings. The summed E-state index contributed by atoms with van der Waals surface area (Å²) in [5, 5.41) is 0. The molecule has 1 amide bonds. The molecule has 0 aromatic heterocycles. The lowest BCUT2D eigenvalue weighted by molar-refractivity contribution is -0.134. The number of morpholine rings is 1. The second-order valence-electron chi connectivity index (χ2n) is 3.12. The van der Waals surface area contributed by atoms with Gasteiger partial charge in [0.05, 0.1) is 26.9 Å². The molecule has 1 rings (SSSR count). The Labute approximate surface area is 77.9 Å². The number of hydroxylamine groups is 1. The van der Waals surface area contributed by atoms with Crippen molar-refractivity contribution < 1.29 is 14.4 Å². The third kappa shape index (κ3) is 3.30. The molecule has 0 radical (unpaired) electrons. The van der Waals surface area contributed by atoms with E-state index in [9.17, 15) is 4.79 Å². The molecule has 1 saturated heterocycles. The summed E-state index contributed by atoms with van der Waals surface area (Å²) >= 11 is 0. The summed E-state index contributed by atoms with van der Waals surface area (Å²) in [4.78, 5) is 17.7. The fourth-order valence-electron chi connectivity index (χ4n) is 1.33. The lowest BCUT2D eigenvalue weighted by Gasteiger charge is -2.32. The Hall–Kier alpha value is -0.650. The van der Waals surface area contributed by atoms with Crippen molar-refractivity contribution in [1.29, 1.82) is 0 Å². The number of nitrogens with one attached hydrogen (secondary N) is 1. The molecule has 0 bridgehead atoms. The largest absolute Gasteiger partial charge is 0.379 e. The van der Waals surface area contributed by atoms with Gasteiger partial charge in [-0.2, -0.15) is 0 Å². The second-order valence-corrected chi connectivity index (χ2v) is 3.12. The summed E-state index contributed by atoms with van der Waals surface area (Å²) in [6.45, 7) is 4.61. The van der Waals surface area contributed by atoms with Gasteiger partial charge in [-0.3, -0.25) is 14.5 Å². The summed E-state index contributed by atoms with van der Waals surface area (Å²) in [5.74, 6) is -0.115. The summed E-state index contributed by atoms with van der Waals surface area (Å²) in [6, 6.07) is 0.302. The van der Waals surface area contributed by atoms with Gasteiger partial charge in [-0.1, -0.05) is 0 Å². The minimum absolute atomic E-state index is 0.115. The van der Waals surface area contributed by atoms with E-state index >= 15 is 0 Å². The van der Waals surface area contributed by atoms with Crippen LogP contribution in [0.5, 0.6) is 0 Å². The van der Waals surface area contributed by atoms with Gasteiger partial charge in [-0.05, 0) is 6.92 Å². The molecular weight excluding hydrogens is 172 g/mol. The van der Waals surface area contributed by atoms with E-state index in [2.05, 4.69) is 15.2 Å². The first-order valence-corrected chi connectivity index (χ1v) is 4.37. The monoisotopic (exact) mass is 188 g/mol. The van der Waals surface area contributed by atoms with Crippen LogP contribution < -0.4 is 5.48 Å². The molecule has 13 heavy (non-hydrogen) atoms. The Morgan fingerprint density at radius 2 is 2.54 bits per heavy atom. The molecule has 1 aliphatic rings. The maximum atomic E-state index is 11.1. The van der Waals surface area contributed by atoms with Crippen LogP contribution in [0.1, 0.15) is 6.92 Å². The number of nitrogens with zero attached hydrogens (tertiary/aromatic N) is 1. The third-order valence-electron chi connectivity index (χ3n) is 2.07. The van der Waals surface area contributed by atoms with Crippen molar-refractivity contribution in [2.75, 3.05) is 33.4 Å². The van der Waals surface area contributed by atoms with Crippen molar-refractivity contribution in [3.63, 3.8) is 0 Å². The van der Waals surface area contributed by atoms with E-state index in [-0.39, 0.29) is 5.91 Å². The Morgan fingerprint density at radius 3 is 3.15 bits per heavy atom. The molecule has 76 valence electrons. The smallest absolute Gasteiger partial charge is 0.257 e. The zero-order chi connectivity index (χ0) is 9.68. The Bertz CT molecular complexity index is 175. The summed E-state index contributed by atoms with van der Waals surface area (Å²) < 4.78 is 5.25. The molecule has 0 saturated carbocycles. The lowest BCUT2D eigenvalue weighted by Crippen LogP contribution is -2.48. The highest BCUT2D eigenvalue weighted by Crippen LogP contribution is 2.04. The van der Waals surface area contributed by atoms with Crippen LogP contribution in [0.4, 0.5) is 0 Å². The van der Waals surface area contributed by atoms with Gasteiger partial charge in [0.15, 0.2) is 0 Å². The molecule has 1 N–H and O–H groups in total. The molecule has 1 heterocycles. The van der Waals surface area contributed by atoms with Crippen LogP contribution in [0.15, 0.2) is 0 Å². The maximum absolute atomic E-state index is 11.1. The van der Waals surface area contributed by atoms with Gasteiger partial charge in [0, 0.05) is 12.6 Å². The number of carbonyl (C=O) groups excluding carboxylic acids is 1. The molecular formula is C8H16N2O3. The average molecular weight is 188 g/mol. The van der Waals surface area contributed by atoms with Crippen molar-refractivity contribution >= 4 is 5.91 Å². The van der Waals surface area contributed by atoms with Crippen LogP contribution in [0, 0.1) is 0 Å². The van der Waals surface area contributed by atoms with Crippen LogP contribution in [-0.2, 0) is 14.4 Å². The van der Waals surface area contributed by atoms with Gasteiger partial charge in [0.1, 0.15) is 0 Å². The highest BCUT2D eigenvalue weighted by Gasteiger charge is 2.20. The highest BCUT2D eigenvalue weighted by atomic mass is 16.6. The van der Waals surface area contributed by atoms with Crippen LogP contribution in [0.3, 0.4) is 0 Å². The topological polar surface area (TPSA) is 50.8 Å². The molecule has 0 aromatic carbocycles. The van der Waals surface area contributed by atoms with Crippen LogP contribution >= 0.6 is 0 Å². The van der Waals surface area contributed by atoms with Gasteiger partial charge in [0.2, 0.25) is 0 Å². The SMILES string of the molecule is CONC(=O)CN1CCOCC1C. The van der Waals surface area contributed by atoms with E-state index in [0.717, 1.165) is 6.54 Å². The molecule has 5 heteroatoms. The fourth-order valence-corrected chi connectivity index (χ4v) is 1.33. The van der Waals surface area contributed by atoms with Gasteiger partial charge in [-0.25, -0.2) is 5.48 Å². The average Bonchev–Trinajstić information content (AvgIpc) is 2.09. The highest BCUT2D eigenvalue weighted by molar-refractivity contribution is 5.76. The van der Waals surface area contributed by atoms with E-state index in [1.165, 1.54) is 7.11 Å². The van der Waals surface area contributed by atoms with Crippen molar-refractivity contribution in [1.82, 2.24) is 10.4 Å². The van der Waals surface area contributed by atoms with Gasteiger partial charge in [0.25, 0.3) is 5.91 Å². The van der Waals surface area contributed by atoms with Crippen LogP contribution in [0.2, 0.25) is 0 Å². The van der Waals surface area contributed by atoms with Crippen molar-refractivity contribution in [2.24, 2.45) is 0 Å². The first-order chi connectivity index (χ1) is 6.24. The predicted octanol–water partition coefficient (Wildman–Crippen LogP) is -0.615. The van der Waals surface area contributed by atoms with Crippen LogP contribution in [-0.4, -0.2) is 50.3 Å². The lowest BCUT2D eigenvalue weighted by atomic mass is 10.2. The third-order valence-corrected chi connectivity index (χ3v) is 2.07. The van der Waals surface area contributed by atoms with Crippen molar-refractivity contribution in [2.45, 2.75) is 13.0 Å². The summed E-state index contributed by atoms with van der Waals surface area (Å²) in [7, 11) is 1.43. The Kier molecular flexibility index (Phi) is 4.14. The van der Waals surface area contributed by atoms with E-state index < -0.39 is 0 Å². The normalized spacial score (nSPS) is 24.3. The van der Waals surface area contributed by atoms with Crippen molar-refractivity contribution in [3.8, 4) is 0 Å². The minimum atomic E-state index is -0.115. The molecule has 1 atom stereocenters. The number of hydrogen-bond acceptors (Lipinski definition) is 4. The Morgan fingerprint density at radius 1 is 1.77 bits per heavy atom. The van der Waals surface area contributed by atoms with E-state index in [4.69, 9.17) is 4.74 Å². The number of ether oxygens (including phenoxy) is 1. The minimum Gasteiger partial charge on any atom is -0.379 e.